The number of piperidine rings is 1. The molecular weight excluding hydrogens is 363 g/mol. The fourth-order valence-corrected chi connectivity index (χ4v) is 4.62. The average Bonchev–Trinajstić information content (AvgIpc) is 3.04. The molecule has 0 unspecified atom stereocenters. The molecule has 1 saturated heterocycles. The van der Waals surface area contributed by atoms with Gasteiger partial charge in [0.15, 0.2) is 5.58 Å². The fourth-order valence-electron chi connectivity index (χ4n) is 3.68. The van der Waals surface area contributed by atoms with E-state index in [0.717, 1.165) is 42.2 Å². The number of hydrogen-bond acceptors (Lipinski definition) is 4. The third-order valence-electron chi connectivity index (χ3n) is 5.21. The fraction of sp³-hybridized carbons (Fsp3) is 0.381. The van der Waals surface area contributed by atoms with Crippen LogP contribution in [-0.4, -0.2) is 35.3 Å². The minimum Gasteiger partial charge on any atom is -0.408 e. The van der Waals surface area contributed by atoms with Crippen LogP contribution in [0.25, 0.3) is 11.1 Å². The first-order valence-electron chi connectivity index (χ1n) is 9.38. The minimum atomic E-state index is -0.407. The number of fused-ring (bicyclic) bond motifs is 1. The van der Waals surface area contributed by atoms with Crippen LogP contribution in [0.15, 0.2) is 56.6 Å². The van der Waals surface area contributed by atoms with Gasteiger partial charge in [0.25, 0.3) is 0 Å². The Morgan fingerprint density at radius 1 is 1.15 bits per heavy atom. The Morgan fingerprint density at radius 2 is 1.93 bits per heavy atom. The first-order chi connectivity index (χ1) is 13.2. The summed E-state index contributed by atoms with van der Waals surface area (Å²) in [6.07, 6.45) is 3.44. The van der Waals surface area contributed by atoms with E-state index in [-0.39, 0.29) is 5.82 Å². The maximum atomic E-state index is 13.0. The van der Waals surface area contributed by atoms with Gasteiger partial charge in [0.1, 0.15) is 5.82 Å². The lowest BCUT2D eigenvalue weighted by Gasteiger charge is -2.32. The van der Waals surface area contributed by atoms with Crippen molar-refractivity contribution in [3.63, 3.8) is 0 Å². The summed E-state index contributed by atoms with van der Waals surface area (Å²) in [5, 5.41) is 0. The molecule has 1 aliphatic rings. The second kappa shape index (κ2) is 8.31. The van der Waals surface area contributed by atoms with Gasteiger partial charge in [0.2, 0.25) is 0 Å². The van der Waals surface area contributed by atoms with Gasteiger partial charge in [-0.25, -0.2) is 9.18 Å². The lowest BCUT2D eigenvalue weighted by atomic mass is 9.90. The quantitative estimate of drug-likeness (QED) is 0.642. The van der Waals surface area contributed by atoms with E-state index in [1.165, 1.54) is 18.4 Å². The van der Waals surface area contributed by atoms with Crippen molar-refractivity contribution >= 4 is 22.9 Å². The number of H-pyrrole nitrogens is 1. The molecule has 0 amide bonds. The van der Waals surface area contributed by atoms with E-state index < -0.39 is 5.76 Å². The van der Waals surface area contributed by atoms with Crippen LogP contribution in [0.1, 0.15) is 18.4 Å². The number of halogens is 1. The van der Waals surface area contributed by atoms with Crippen molar-refractivity contribution in [2.45, 2.75) is 24.2 Å². The Hall–Kier alpha value is -2.05. The molecule has 2 heterocycles. The molecule has 1 aromatic heterocycles. The summed E-state index contributed by atoms with van der Waals surface area (Å²) < 4.78 is 18.1. The second-order valence-electron chi connectivity index (χ2n) is 7.14. The molecule has 3 aromatic rings. The van der Waals surface area contributed by atoms with Crippen LogP contribution in [-0.2, 0) is 6.42 Å². The zero-order chi connectivity index (χ0) is 18.6. The largest absolute Gasteiger partial charge is 0.417 e. The molecule has 1 aliphatic heterocycles. The highest BCUT2D eigenvalue weighted by molar-refractivity contribution is 7.99. The monoisotopic (exact) mass is 386 g/mol. The number of oxazole rings is 1. The highest BCUT2D eigenvalue weighted by Gasteiger charge is 2.19. The van der Waals surface area contributed by atoms with Crippen molar-refractivity contribution in [3.05, 3.63) is 64.4 Å². The number of rotatable bonds is 6. The van der Waals surface area contributed by atoms with E-state index in [1.807, 2.05) is 30.3 Å². The molecule has 0 atom stereocenters. The van der Waals surface area contributed by atoms with Crippen molar-refractivity contribution in [1.82, 2.24) is 9.88 Å². The van der Waals surface area contributed by atoms with Gasteiger partial charge in [-0.1, -0.05) is 12.1 Å². The Morgan fingerprint density at radius 3 is 2.70 bits per heavy atom. The lowest BCUT2D eigenvalue weighted by Crippen LogP contribution is -2.35. The second-order valence-corrected chi connectivity index (χ2v) is 8.30. The first-order valence-corrected chi connectivity index (χ1v) is 10.4. The Bertz CT molecular complexity index is 943. The highest BCUT2D eigenvalue weighted by Crippen LogP contribution is 2.25. The molecule has 2 aromatic carbocycles. The third-order valence-corrected chi connectivity index (χ3v) is 6.19. The summed E-state index contributed by atoms with van der Waals surface area (Å²) in [7, 11) is 0. The number of aromatic amines is 1. The van der Waals surface area contributed by atoms with Crippen LogP contribution in [0.3, 0.4) is 0 Å². The topological polar surface area (TPSA) is 49.2 Å². The number of benzene rings is 2. The van der Waals surface area contributed by atoms with Gasteiger partial charge in [-0.2, -0.15) is 0 Å². The average molecular weight is 386 g/mol. The standard InChI is InChI=1S/C21H23FN2O2S/c22-17-3-1-15(2-4-17)13-16-7-9-24(10-8-16)11-12-27-18-5-6-19-20(14-18)26-21(25)23-19/h1-6,14,16H,7-13H2,(H,23,25). The number of likely N-dealkylation sites (tertiary alicyclic amines) is 1. The lowest BCUT2D eigenvalue weighted by molar-refractivity contribution is 0.193. The van der Waals surface area contributed by atoms with Crippen LogP contribution in [0.4, 0.5) is 4.39 Å². The zero-order valence-corrected chi connectivity index (χ0v) is 15.9. The normalized spacial score (nSPS) is 16.2. The van der Waals surface area contributed by atoms with Gasteiger partial charge < -0.3 is 9.32 Å². The number of hydrogen-bond donors (Lipinski definition) is 1. The highest BCUT2D eigenvalue weighted by atomic mass is 32.2. The smallest absolute Gasteiger partial charge is 0.408 e. The van der Waals surface area contributed by atoms with Gasteiger partial charge in [-0.15, -0.1) is 11.8 Å². The summed E-state index contributed by atoms with van der Waals surface area (Å²) in [6.45, 7) is 3.30. The molecule has 4 nitrogen and oxygen atoms in total. The van der Waals surface area contributed by atoms with Crippen LogP contribution in [0.2, 0.25) is 0 Å². The van der Waals surface area contributed by atoms with Crippen LogP contribution in [0.5, 0.6) is 0 Å². The molecule has 4 rings (SSSR count). The summed E-state index contributed by atoms with van der Waals surface area (Å²) in [6, 6.07) is 12.8. The van der Waals surface area contributed by atoms with Crippen LogP contribution >= 0.6 is 11.8 Å². The third kappa shape index (κ3) is 4.82. The summed E-state index contributed by atoms with van der Waals surface area (Å²) in [4.78, 5) is 17.5. The molecule has 1 N–H and O–H groups in total. The van der Waals surface area contributed by atoms with Crippen molar-refractivity contribution in [2.24, 2.45) is 5.92 Å². The SMILES string of the molecule is O=c1[nH]c2ccc(SCCN3CCC(Cc4ccc(F)cc4)CC3)cc2o1. The van der Waals surface area contributed by atoms with Gasteiger partial charge in [-0.05, 0) is 74.2 Å². The van der Waals surface area contributed by atoms with Gasteiger partial charge in [0, 0.05) is 17.2 Å². The van der Waals surface area contributed by atoms with E-state index in [4.69, 9.17) is 4.42 Å². The van der Waals surface area contributed by atoms with E-state index in [1.54, 1.807) is 23.9 Å². The maximum absolute atomic E-state index is 13.0. The van der Waals surface area contributed by atoms with E-state index in [2.05, 4.69) is 9.88 Å². The first kappa shape index (κ1) is 18.3. The number of aromatic nitrogens is 1. The van der Waals surface area contributed by atoms with E-state index in [9.17, 15) is 9.18 Å². The Kier molecular flexibility index (Phi) is 5.64. The van der Waals surface area contributed by atoms with E-state index >= 15 is 0 Å². The molecule has 0 saturated carbocycles. The van der Waals surface area contributed by atoms with Crippen LogP contribution < -0.4 is 5.76 Å². The molecule has 1 fully saturated rings. The van der Waals surface area contributed by atoms with Gasteiger partial charge in [0.05, 0.1) is 5.52 Å². The molecule has 27 heavy (non-hydrogen) atoms. The summed E-state index contributed by atoms with van der Waals surface area (Å²) >= 11 is 1.79. The van der Waals surface area contributed by atoms with Crippen molar-refractivity contribution in [2.75, 3.05) is 25.4 Å². The van der Waals surface area contributed by atoms with Gasteiger partial charge in [-0.3, -0.25) is 4.98 Å². The van der Waals surface area contributed by atoms with Crippen molar-refractivity contribution in [1.29, 1.82) is 0 Å². The minimum absolute atomic E-state index is 0.163. The van der Waals surface area contributed by atoms with Gasteiger partial charge >= 0.3 is 5.76 Å². The predicted octanol–water partition coefficient (Wildman–Crippen LogP) is 4.31. The molecule has 142 valence electrons. The number of nitrogens with zero attached hydrogens (tertiary/aromatic N) is 1. The molecule has 0 spiro atoms. The molecule has 0 radical (unpaired) electrons. The van der Waals surface area contributed by atoms with Crippen molar-refractivity contribution in [3.8, 4) is 0 Å². The maximum Gasteiger partial charge on any atom is 0.417 e. The zero-order valence-electron chi connectivity index (χ0n) is 15.1. The van der Waals surface area contributed by atoms with E-state index in [0.29, 0.717) is 11.5 Å². The number of thioether (sulfide) groups is 1. The molecule has 0 aliphatic carbocycles. The van der Waals surface area contributed by atoms with Crippen molar-refractivity contribution < 1.29 is 8.81 Å². The Labute approximate surface area is 161 Å². The van der Waals surface area contributed by atoms with Crippen LogP contribution in [0, 0.1) is 11.7 Å². The molecule has 6 heteroatoms. The Balaban J connectivity index is 1.21. The number of nitrogens with one attached hydrogen (secondary N) is 1. The predicted molar refractivity (Wildman–Crippen MR) is 107 cm³/mol. The molecule has 0 bridgehead atoms. The summed E-state index contributed by atoms with van der Waals surface area (Å²) in [5.74, 6) is 1.14. The summed E-state index contributed by atoms with van der Waals surface area (Å²) in [5.41, 5.74) is 2.59. The molecular formula is C21H23FN2O2S.